The molecule has 0 aliphatic carbocycles. The van der Waals surface area contributed by atoms with Crippen LogP contribution in [0.1, 0.15) is 11.1 Å². The third kappa shape index (κ3) is 5.30. The Morgan fingerprint density at radius 3 is 2.51 bits per heavy atom. The van der Waals surface area contributed by atoms with E-state index < -0.39 is 10.0 Å². The standard InChI is InChI=1S/C26H27ClN4O2S2/c1-19-18-20(10-11-23(19)29-35(32,33)25-9-5-3-7-22(25)27)12-13-30-14-16-31(17-15-30)26-21-6-2-4-8-24(21)34-28-26/h2-11,18,29H,12-17H2,1H3. The maximum absolute atomic E-state index is 12.8. The number of anilines is 2. The van der Waals surface area contributed by atoms with Gasteiger partial charge in [0.05, 0.1) is 15.4 Å². The second-order valence-electron chi connectivity index (χ2n) is 8.77. The van der Waals surface area contributed by atoms with E-state index in [1.54, 1.807) is 29.7 Å². The van der Waals surface area contributed by atoms with Crippen LogP contribution in [0.15, 0.2) is 71.6 Å². The van der Waals surface area contributed by atoms with E-state index in [1.807, 2.05) is 19.1 Å². The van der Waals surface area contributed by atoms with Crippen LogP contribution in [0, 0.1) is 6.92 Å². The van der Waals surface area contributed by atoms with E-state index in [2.05, 4.69) is 44.9 Å². The van der Waals surface area contributed by atoms with E-state index in [9.17, 15) is 8.42 Å². The van der Waals surface area contributed by atoms with E-state index in [-0.39, 0.29) is 9.92 Å². The molecule has 1 saturated heterocycles. The normalized spacial score (nSPS) is 15.0. The zero-order chi connectivity index (χ0) is 24.4. The Labute approximate surface area is 215 Å². The second kappa shape index (κ2) is 10.1. The molecule has 1 aliphatic rings. The van der Waals surface area contributed by atoms with Crippen LogP contribution < -0.4 is 9.62 Å². The van der Waals surface area contributed by atoms with Gasteiger partial charge in [-0.05, 0) is 66.3 Å². The molecule has 0 saturated carbocycles. The molecule has 1 N–H and O–H groups in total. The van der Waals surface area contributed by atoms with Crippen LogP contribution in [-0.4, -0.2) is 50.4 Å². The van der Waals surface area contributed by atoms with Gasteiger partial charge in [0.2, 0.25) is 0 Å². The lowest BCUT2D eigenvalue weighted by atomic mass is 10.1. The van der Waals surface area contributed by atoms with Crippen molar-refractivity contribution in [2.75, 3.05) is 42.3 Å². The second-order valence-corrected chi connectivity index (χ2v) is 11.6. The van der Waals surface area contributed by atoms with Gasteiger partial charge in [0.25, 0.3) is 10.0 Å². The molecule has 0 atom stereocenters. The molecule has 3 aromatic carbocycles. The Balaban J connectivity index is 1.17. The first-order valence-corrected chi connectivity index (χ1v) is 14.2. The summed E-state index contributed by atoms with van der Waals surface area (Å²) in [5.74, 6) is 1.11. The van der Waals surface area contributed by atoms with Crippen molar-refractivity contribution in [2.45, 2.75) is 18.2 Å². The number of halogens is 1. The van der Waals surface area contributed by atoms with E-state index >= 15 is 0 Å². The third-order valence-electron chi connectivity index (χ3n) is 6.41. The van der Waals surface area contributed by atoms with Gasteiger partial charge in [-0.1, -0.05) is 48.0 Å². The van der Waals surface area contributed by atoms with Gasteiger partial charge in [-0.25, -0.2) is 8.42 Å². The van der Waals surface area contributed by atoms with Crippen LogP contribution >= 0.6 is 23.1 Å². The van der Waals surface area contributed by atoms with Crippen LogP contribution in [0.4, 0.5) is 11.5 Å². The Hall–Kier alpha value is -2.65. The summed E-state index contributed by atoms with van der Waals surface area (Å²) in [4.78, 5) is 4.95. The summed E-state index contributed by atoms with van der Waals surface area (Å²) in [7, 11) is -3.75. The van der Waals surface area contributed by atoms with Crippen LogP contribution in [0.2, 0.25) is 5.02 Å². The summed E-state index contributed by atoms with van der Waals surface area (Å²) in [6.45, 7) is 6.83. The van der Waals surface area contributed by atoms with Gasteiger partial charge in [0.1, 0.15) is 10.7 Å². The highest BCUT2D eigenvalue weighted by Gasteiger charge is 2.21. The van der Waals surface area contributed by atoms with Crippen molar-refractivity contribution in [1.29, 1.82) is 0 Å². The summed E-state index contributed by atoms with van der Waals surface area (Å²) < 4.78 is 34.1. The molecule has 9 heteroatoms. The minimum atomic E-state index is -3.75. The number of fused-ring (bicyclic) bond motifs is 1. The van der Waals surface area contributed by atoms with Crippen molar-refractivity contribution in [3.8, 4) is 0 Å². The Morgan fingerprint density at radius 2 is 1.74 bits per heavy atom. The maximum Gasteiger partial charge on any atom is 0.263 e. The average Bonchev–Trinajstić information content (AvgIpc) is 3.29. The smallest absolute Gasteiger partial charge is 0.263 e. The van der Waals surface area contributed by atoms with Crippen molar-refractivity contribution in [3.05, 3.63) is 82.9 Å². The summed E-state index contributed by atoms with van der Waals surface area (Å²) in [6.07, 6.45) is 0.915. The average molecular weight is 527 g/mol. The zero-order valence-corrected chi connectivity index (χ0v) is 21.8. The molecule has 1 aromatic heterocycles. The topological polar surface area (TPSA) is 65.5 Å². The number of piperazine rings is 1. The molecule has 4 aromatic rings. The molecule has 5 rings (SSSR count). The fraction of sp³-hybridized carbons (Fsp3) is 0.269. The van der Waals surface area contributed by atoms with E-state index in [0.29, 0.717) is 5.69 Å². The molecule has 182 valence electrons. The van der Waals surface area contributed by atoms with Gasteiger partial charge in [-0.2, -0.15) is 4.37 Å². The van der Waals surface area contributed by atoms with Gasteiger partial charge in [-0.3, -0.25) is 9.62 Å². The lowest BCUT2D eigenvalue weighted by Gasteiger charge is -2.35. The fourth-order valence-electron chi connectivity index (χ4n) is 4.43. The van der Waals surface area contributed by atoms with Gasteiger partial charge >= 0.3 is 0 Å². The van der Waals surface area contributed by atoms with Gasteiger partial charge in [-0.15, -0.1) is 0 Å². The van der Waals surface area contributed by atoms with Crippen molar-refractivity contribution in [2.24, 2.45) is 0 Å². The molecule has 0 unspecified atom stereocenters. The molecule has 6 nitrogen and oxygen atoms in total. The number of nitrogens with one attached hydrogen (secondary N) is 1. The molecule has 2 heterocycles. The lowest BCUT2D eigenvalue weighted by Crippen LogP contribution is -2.47. The molecule has 0 amide bonds. The predicted molar refractivity (Wildman–Crippen MR) is 145 cm³/mol. The molecule has 0 bridgehead atoms. The minimum Gasteiger partial charge on any atom is -0.353 e. The quantitative estimate of drug-likeness (QED) is 0.348. The fourth-order valence-corrected chi connectivity index (χ4v) is 6.88. The summed E-state index contributed by atoms with van der Waals surface area (Å²) in [6, 6.07) is 20.8. The highest BCUT2D eigenvalue weighted by Crippen LogP contribution is 2.30. The summed E-state index contributed by atoms with van der Waals surface area (Å²) in [5, 5.41) is 1.45. The summed E-state index contributed by atoms with van der Waals surface area (Å²) in [5.41, 5.74) is 2.65. The number of aryl methyl sites for hydroxylation is 1. The van der Waals surface area contributed by atoms with Crippen molar-refractivity contribution >= 4 is 54.7 Å². The van der Waals surface area contributed by atoms with E-state index in [4.69, 9.17) is 16.0 Å². The predicted octanol–water partition coefficient (Wildman–Crippen LogP) is 5.42. The third-order valence-corrected chi connectivity index (χ3v) is 9.09. The number of sulfonamides is 1. The Bertz CT molecular complexity index is 1450. The number of benzene rings is 3. The molecule has 1 aliphatic heterocycles. The first-order valence-electron chi connectivity index (χ1n) is 11.6. The Kier molecular flexibility index (Phi) is 6.98. The lowest BCUT2D eigenvalue weighted by molar-refractivity contribution is 0.261. The maximum atomic E-state index is 12.8. The van der Waals surface area contributed by atoms with Crippen molar-refractivity contribution < 1.29 is 8.42 Å². The monoisotopic (exact) mass is 526 g/mol. The number of hydrogen-bond acceptors (Lipinski definition) is 6. The molecule has 0 radical (unpaired) electrons. The molecular formula is C26H27ClN4O2S2. The first kappa shape index (κ1) is 24.1. The first-order chi connectivity index (χ1) is 16.9. The largest absolute Gasteiger partial charge is 0.353 e. The van der Waals surface area contributed by atoms with Crippen LogP contribution in [0.3, 0.4) is 0 Å². The van der Waals surface area contributed by atoms with Crippen LogP contribution in [-0.2, 0) is 16.4 Å². The number of nitrogens with zero attached hydrogens (tertiary/aromatic N) is 3. The number of hydrogen-bond donors (Lipinski definition) is 1. The van der Waals surface area contributed by atoms with Gasteiger partial charge < -0.3 is 4.90 Å². The van der Waals surface area contributed by atoms with Gasteiger partial charge in [0, 0.05) is 38.1 Å². The Morgan fingerprint density at radius 1 is 1.00 bits per heavy atom. The van der Waals surface area contributed by atoms with Crippen LogP contribution in [0.25, 0.3) is 10.1 Å². The van der Waals surface area contributed by atoms with Crippen LogP contribution in [0.5, 0.6) is 0 Å². The van der Waals surface area contributed by atoms with Crippen molar-refractivity contribution in [3.63, 3.8) is 0 Å². The highest BCUT2D eigenvalue weighted by atomic mass is 35.5. The minimum absolute atomic E-state index is 0.0786. The highest BCUT2D eigenvalue weighted by molar-refractivity contribution is 7.92. The SMILES string of the molecule is Cc1cc(CCN2CCN(c3nsc4ccccc34)CC2)ccc1NS(=O)(=O)c1ccccc1Cl. The molecule has 0 spiro atoms. The number of rotatable bonds is 7. The molecular weight excluding hydrogens is 500 g/mol. The van der Waals surface area contributed by atoms with E-state index in [1.165, 1.54) is 21.7 Å². The summed E-state index contributed by atoms with van der Waals surface area (Å²) >= 11 is 7.66. The van der Waals surface area contributed by atoms with Gasteiger partial charge in [0.15, 0.2) is 0 Å². The van der Waals surface area contributed by atoms with Crippen molar-refractivity contribution in [1.82, 2.24) is 9.27 Å². The molecule has 35 heavy (non-hydrogen) atoms. The number of aromatic nitrogens is 1. The van der Waals surface area contributed by atoms with E-state index in [0.717, 1.165) is 50.5 Å². The molecule has 1 fully saturated rings. The zero-order valence-electron chi connectivity index (χ0n) is 19.4.